The van der Waals surface area contributed by atoms with Crippen molar-refractivity contribution in [1.29, 1.82) is 0 Å². The van der Waals surface area contributed by atoms with Gasteiger partial charge >= 0.3 is 7.82 Å². The van der Waals surface area contributed by atoms with E-state index in [1.54, 1.807) is 6.08 Å². The quantitative estimate of drug-likeness (QED) is 0.0243. The van der Waals surface area contributed by atoms with Crippen LogP contribution >= 0.6 is 7.82 Å². The van der Waals surface area contributed by atoms with E-state index in [1.807, 2.05) is 27.2 Å². The number of carbonyl (C=O) groups is 1. The molecular weight excluding hydrogens is 1130 g/mol. The van der Waals surface area contributed by atoms with Crippen molar-refractivity contribution in [3.63, 3.8) is 0 Å². The van der Waals surface area contributed by atoms with Crippen molar-refractivity contribution in [3.8, 4) is 0 Å². The number of nitrogens with zero attached hydrogens (tertiary/aromatic N) is 1. The molecule has 0 radical (unpaired) electrons. The number of allylic oxidation sites excluding steroid dienone is 11. The van der Waals surface area contributed by atoms with Gasteiger partial charge in [-0.2, -0.15) is 0 Å². The highest BCUT2D eigenvalue weighted by Gasteiger charge is 2.28. The number of likely N-dealkylation sites (N-methyl/N-ethyl adjacent to an activating group) is 1. The molecule has 0 saturated carbocycles. The number of aliphatic hydroxyl groups excluding tert-OH is 1. The Labute approximate surface area is 561 Å². The summed E-state index contributed by atoms with van der Waals surface area (Å²) in [5.41, 5.74) is 0. The number of hydrogen-bond donors (Lipinski definition) is 3. The average molecular weight is 1280 g/mol. The Morgan fingerprint density at radius 1 is 0.389 bits per heavy atom. The van der Waals surface area contributed by atoms with Crippen LogP contribution in [-0.2, 0) is 18.4 Å². The van der Waals surface area contributed by atoms with Gasteiger partial charge in [-0.3, -0.25) is 13.8 Å². The van der Waals surface area contributed by atoms with Crippen LogP contribution in [0.5, 0.6) is 0 Å². The lowest BCUT2D eigenvalue weighted by molar-refractivity contribution is -0.870. The zero-order valence-electron chi connectivity index (χ0n) is 60.6. The van der Waals surface area contributed by atoms with Crippen LogP contribution in [0, 0.1) is 0 Å². The minimum atomic E-state index is -4.36. The van der Waals surface area contributed by atoms with E-state index < -0.39 is 20.0 Å². The standard InChI is InChI=1S/C81H153N2O6P/c1-6-8-10-12-14-16-18-20-22-24-26-28-30-32-34-35-36-37-38-39-40-41-42-43-44-45-46-47-49-51-53-55-57-59-61-63-65-67-69-71-73-75-81(85)82-79(78-89-90(86,87)88-77-76-83(3,4)5)80(84)74-72-70-68-66-64-62-60-58-56-54-52-50-48-33-31-29-27-25-23-21-19-17-15-13-11-9-7-2/h8,10,14,16,20,22,26,28,32,34,72,74,79-80,84H,6-7,9,11-13,15,17-19,21,23-25,27,29-31,33,35-71,73,75-78H2,1-5H3,(H-,82,85,86,87)/p+1/b10-8-,16-14-,22-20-,28-26-,34-32-,74-72+. The predicted octanol–water partition coefficient (Wildman–Crippen LogP) is 25.7. The van der Waals surface area contributed by atoms with Crippen molar-refractivity contribution in [2.45, 2.75) is 398 Å². The van der Waals surface area contributed by atoms with Crippen molar-refractivity contribution < 1.29 is 32.9 Å². The summed E-state index contributed by atoms with van der Waals surface area (Å²) >= 11 is 0. The Morgan fingerprint density at radius 2 is 0.667 bits per heavy atom. The fourth-order valence-electron chi connectivity index (χ4n) is 11.9. The molecule has 3 atom stereocenters. The lowest BCUT2D eigenvalue weighted by atomic mass is 10.0. The van der Waals surface area contributed by atoms with Gasteiger partial charge in [-0.15, -0.1) is 0 Å². The molecule has 0 heterocycles. The Hall–Kier alpha value is -2.06. The fraction of sp³-hybridized carbons (Fsp3) is 0.840. The summed E-state index contributed by atoms with van der Waals surface area (Å²) in [5.74, 6) is -0.169. The van der Waals surface area contributed by atoms with Gasteiger partial charge in [0.2, 0.25) is 5.91 Å². The maximum absolute atomic E-state index is 13.1. The highest BCUT2D eigenvalue weighted by Crippen LogP contribution is 2.43. The number of hydrogen-bond acceptors (Lipinski definition) is 5. The third-order valence-electron chi connectivity index (χ3n) is 17.9. The lowest BCUT2D eigenvalue weighted by Crippen LogP contribution is -2.45. The first kappa shape index (κ1) is 87.9. The third-order valence-corrected chi connectivity index (χ3v) is 18.9. The predicted molar refractivity (Wildman–Crippen MR) is 397 cm³/mol. The molecule has 0 spiro atoms. The highest BCUT2D eigenvalue weighted by atomic mass is 31.2. The van der Waals surface area contributed by atoms with Gasteiger partial charge in [0.05, 0.1) is 39.9 Å². The van der Waals surface area contributed by atoms with E-state index in [9.17, 15) is 19.4 Å². The smallest absolute Gasteiger partial charge is 0.387 e. The van der Waals surface area contributed by atoms with Crippen LogP contribution in [0.4, 0.5) is 0 Å². The maximum Gasteiger partial charge on any atom is 0.472 e. The van der Waals surface area contributed by atoms with Crippen LogP contribution in [0.2, 0.25) is 0 Å². The van der Waals surface area contributed by atoms with Crippen LogP contribution in [0.25, 0.3) is 0 Å². The molecule has 0 aliphatic carbocycles. The van der Waals surface area contributed by atoms with Gasteiger partial charge in [-0.25, -0.2) is 4.57 Å². The van der Waals surface area contributed by atoms with Crippen molar-refractivity contribution in [2.24, 2.45) is 0 Å². The summed E-state index contributed by atoms with van der Waals surface area (Å²) in [6, 6.07) is -0.848. The zero-order valence-corrected chi connectivity index (χ0v) is 61.5. The molecule has 0 aromatic carbocycles. The highest BCUT2D eigenvalue weighted by molar-refractivity contribution is 7.47. The molecule has 1 amide bonds. The zero-order chi connectivity index (χ0) is 65.5. The minimum absolute atomic E-state index is 0.0628. The first-order valence-electron chi connectivity index (χ1n) is 39.3. The molecule has 8 nitrogen and oxygen atoms in total. The van der Waals surface area contributed by atoms with Gasteiger partial charge < -0.3 is 19.8 Å². The number of unbranched alkanes of at least 4 members (excludes halogenated alkanes) is 50. The van der Waals surface area contributed by atoms with E-state index in [4.69, 9.17) is 9.05 Å². The number of quaternary nitrogens is 1. The molecule has 3 unspecified atom stereocenters. The molecule has 3 N–H and O–H groups in total. The number of phosphoric ester groups is 1. The largest absolute Gasteiger partial charge is 0.472 e. The van der Waals surface area contributed by atoms with Crippen LogP contribution < -0.4 is 5.32 Å². The minimum Gasteiger partial charge on any atom is -0.387 e. The van der Waals surface area contributed by atoms with Gasteiger partial charge in [0.15, 0.2) is 0 Å². The summed E-state index contributed by atoms with van der Waals surface area (Å²) in [5, 5.41) is 14.1. The molecule has 0 fully saturated rings. The van der Waals surface area contributed by atoms with Crippen molar-refractivity contribution in [2.75, 3.05) is 40.9 Å². The first-order chi connectivity index (χ1) is 44.0. The fourth-order valence-corrected chi connectivity index (χ4v) is 12.6. The molecule has 0 bridgehead atoms. The van der Waals surface area contributed by atoms with E-state index in [2.05, 4.69) is 79.9 Å². The summed E-state index contributed by atoms with van der Waals surface area (Å²) < 4.78 is 23.9. The van der Waals surface area contributed by atoms with Crippen LogP contribution in [0.3, 0.4) is 0 Å². The average Bonchev–Trinajstić information content (AvgIpc) is 3.09. The number of nitrogens with one attached hydrogen (secondary N) is 1. The van der Waals surface area contributed by atoms with E-state index in [0.29, 0.717) is 17.4 Å². The lowest BCUT2D eigenvalue weighted by Gasteiger charge is -2.25. The molecule has 0 aliphatic rings. The van der Waals surface area contributed by atoms with Gasteiger partial charge in [-0.1, -0.05) is 389 Å². The summed E-state index contributed by atoms with van der Waals surface area (Å²) in [6.45, 7) is 4.76. The van der Waals surface area contributed by atoms with E-state index >= 15 is 0 Å². The number of amides is 1. The molecule has 0 aromatic rings. The number of phosphoric acid groups is 1. The Kier molecular flexibility index (Phi) is 69.6. The molecule has 0 saturated heterocycles. The molecule has 0 aromatic heterocycles. The van der Waals surface area contributed by atoms with Crippen molar-refractivity contribution in [3.05, 3.63) is 72.9 Å². The van der Waals surface area contributed by atoms with Crippen molar-refractivity contribution >= 4 is 13.7 Å². The van der Waals surface area contributed by atoms with E-state index in [-0.39, 0.29) is 19.1 Å². The molecule has 0 aliphatic heterocycles. The molecule has 0 rings (SSSR count). The van der Waals surface area contributed by atoms with Crippen LogP contribution in [0.15, 0.2) is 72.9 Å². The van der Waals surface area contributed by atoms with E-state index in [0.717, 1.165) is 70.6 Å². The van der Waals surface area contributed by atoms with Crippen LogP contribution in [0.1, 0.15) is 386 Å². The van der Waals surface area contributed by atoms with Crippen molar-refractivity contribution in [1.82, 2.24) is 5.32 Å². The SMILES string of the molecule is CC/C=C\C/C=C\C/C=C\C/C=C\C/C=C\CCCCCCCCCCCCCCCCCCCCCCCCCCCC(=O)NC(COP(=O)(O)OCC[N+](C)(C)C)C(O)/C=C/CCCCCCCCCCCCCCCCCCCCCCCCCCC. The normalized spacial score (nSPS) is 13.9. The van der Waals surface area contributed by atoms with Gasteiger partial charge in [0.25, 0.3) is 0 Å². The molecule has 90 heavy (non-hydrogen) atoms. The Balaban J connectivity index is 3.93. The second-order valence-corrected chi connectivity index (χ2v) is 29.5. The summed E-state index contributed by atoms with van der Waals surface area (Å²) in [6.07, 6.45) is 101. The summed E-state index contributed by atoms with van der Waals surface area (Å²) in [7, 11) is 1.59. The number of rotatable bonds is 73. The number of aliphatic hydroxyl groups is 1. The Morgan fingerprint density at radius 3 is 0.978 bits per heavy atom. The first-order valence-corrected chi connectivity index (χ1v) is 40.8. The van der Waals surface area contributed by atoms with Gasteiger partial charge in [0.1, 0.15) is 13.2 Å². The van der Waals surface area contributed by atoms with E-state index in [1.165, 1.54) is 295 Å². The second-order valence-electron chi connectivity index (χ2n) is 28.1. The monoisotopic (exact) mass is 1280 g/mol. The Bertz CT molecular complexity index is 1700. The number of carbonyl (C=O) groups excluding carboxylic acids is 1. The van der Waals surface area contributed by atoms with Crippen LogP contribution in [-0.4, -0.2) is 73.4 Å². The second kappa shape index (κ2) is 71.2. The topological polar surface area (TPSA) is 105 Å². The maximum atomic E-state index is 13.1. The molecular formula is C81H154N2O6P+. The van der Waals surface area contributed by atoms with Gasteiger partial charge in [-0.05, 0) is 64.2 Å². The molecule has 9 heteroatoms. The summed E-state index contributed by atoms with van der Waals surface area (Å²) in [4.78, 5) is 23.5. The third kappa shape index (κ3) is 73.4. The van der Waals surface area contributed by atoms with Gasteiger partial charge in [0, 0.05) is 6.42 Å². The molecule has 528 valence electrons.